The summed E-state index contributed by atoms with van der Waals surface area (Å²) in [5.74, 6) is -0.951. The van der Waals surface area contributed by atoms with Gasteiger partial charge in [-0.1, -0.05) is 65.8 Å². The van der Waals surface area contributed by atoms with E-state index in [0.29, 0.717) is 31.5 Å². The Morgan fingerprint density at radius 1 is 1.18 bits per heavy atom. The number of ether oxygens (including phenoxy) is 3. The number of amides is 1. The van der Waals surface area contributed by atoms with Crippen LogP contribution < -0.4 is 0 Å². The summed E-state index contributed by atoms with van der Waals surface area (Å²) >= 11 is 0. The van der Waals surface area contributed by atoms with Crippen molar-refractivity contribution in [3.05, 3.63) is 36.0 Å². The van der Waals surface area contributed by atoms with Crippen molar-refractivity contribution >= 4 is 12.1 Å². The smallest absolute Gasteiger partial charge is 0.410 e. The molecule has 0 bridgehead atoms. The molecule has 0 radical (unpaired) electrons. The van der Waals surface area contributed by atoms with Gasteiger partial charge >= 0.3 is 12.1 Å². The van der Waals surface area contributed by atoms with Gasteiger partial charge in [0.2, 0.25) is 0 Å². The van der Waals surface area contributed by atoms with Gasteiger partial charge in [-0.05, 0) is 57.1 Å². The van der Waals surface area contributed by atoms with Crippen LogP contribution in [-0.4, -0.2) is 123 Å². The minimum absolute atomic E-state index is 0.0123. The van der Waals surface area contributed by atoms with E-state index in [4.69, 9.17) is 14.2 Å². The Labute approximate surface area is 294 Å². The highest BCUT2D eigenvalue weighted by Crippen LogP contribution is 2.37. The fourth-order valence-electron chi connectivity index (χ4n) is 6.74. The first-order valence-electron chi connectivity index (χ1n) is 18.1. The van der Waals surface area contributed by atoms with E-state index in [2.05, 4.69) is 25.7 Å². The highest BCUT2D eigenvalue weighted by molar-refractivity contribution is 5.70. The number of aliphatic hydroxyl groups excluding tert-OH is 2. The molecule has 49 heavy (non-hydrogen) atoms. The molecule has 3 aliphatic heterocycles. The Balaban J connectivity index is 1.72. The Kier molecular flexibility index (Phi) is 14.5. The number of esters is 1. The molecule has 11 nitrogen and oxygen atoms in total. The number of epoxide rings is 1. The van der Waals surface area contributed by atoms with E-state index in [9.17, 15) is 30.0 Å². The fraction of sp³-hybridized carbons (Fsp3) is 0.789. The summed E-state index contributed by atoms with van der Waals surface area (Å²) in [5, 5.41) is 43.3. The average Bonchev–Trinajstić information content (AvgIpc) is 3.76. The summed E-state index contributed by atoms with van der Waals surface area (Å²) in [5.41, 5.74) is -1.79. The SMILES string of the molecule is CCC(O)C(C)C1OC1CC(C)(O)/C=C/C=C(\C)C1OC(=O)CC(O)CCC(C)(O)C(OC(=O)N2CCN(CC(C)(C)C)CC2)/C=C/C1C. The second-order valence-corrected chi connectivity index (χ2v) is 16.3. The maximum atomic E-state index is 13.3. The van der Waals surface area contributed by atoms with Gasteiger partial charge in [0.25, 0.3) is 0 Å². The van der Waals surface area contributed by atoms with Crippen molar-refractivity contribution in [2.75, 3.05) is 32.7 Å². The van der Waals surface area contributed by atoms with E-state index in [1.807, 2.05) is 27.7 Å². The van der Waals surface area contributed by atoms with Gasteiger partial charge in [0.05, 0.1) is 36.4 Å². The van der Waals surface area contributed by atoms with Crippen molar-refractivity contribution < 1.29 is 44.2 Å². The number of nitrogens with zero attached hydrogens (tertiary/aromatic N) is 2. The first-order valence-corrected chi connectivity index (χ1v) is 18.1. The first kappa shape index (κ1) is 41.1. The lowest BCUT2D eigenvalue weighted by Crippen LogP contribution is -2.52. The predicted octanol–water partition coefficient (Wildman–Crippen LogP) is 4.37. The number of rotatable bonds is 10. The Hall–Kier alpha value is -2.28. The average molecular weight is 693 g/mol. The van der Waals surface area contributed by atoms with Gasteiger partial charge in [-0.3, -0.25) is 9.69 Å². The third-order valence-corrected chi connectivity index (χ3v) is 9.92. The van der Waals surface area contributed by atoms with Crippen molar-refractivity contribution in [3.63, 3.8) is 0 Å². The molecule has 4 N–H and O–H groups in total. The van der Waals surface area contributed by atoms with E-state index in [1.165, 1.54) is 0 Å². The number of piperazine rings is 1. The Bertz CT molecular complexity index is 1180. The summed E-state index contributed by atoms with van der Waals surface area (Å²) in [6, 6.07) is 0. The van der Waals surface area contributed by atoms with Gasteiger partial charge in [-0.15, -0.1) is 0 Å². The molecule has 0 aliphatic carbocycles. The van der Waals surface area contributed by atoms with Crippen LogP contribution in [0.1, 0.15) is 94.4 Å². The van der Waals surface area contributed by atoms with Crippen LogP contribution in [0, 0.1) is 17.3 Å². The minimum atomic E-state index is -1.49. The molecule has 3 rings (SSSR count). The lowest BCUT2D eigenvalue weighted by Gasteiger charge is -2.39. The zero-order chi connectivity index (χ0) is 36.7. The van der Waals surface area contributed by atoms with Crippen molar-refractivity contribution in [2.24, 2.45) is 17.3 Å². The standard InChI is InChI=1S/C38H64N2O9/c1-10-29(42)27(4)34-30(47-34)23-37(8,45)16-11-12-25(2)33-26(3)13-14-31(38(9,46)17-15-28(41)22-32(43)49-33)48-35(44)40-20-18-39(19-21-40)24-36(5,6)7/h11-14,16,26-31,33-34,41-42,45-46H,10,15,17-24H2,1-9H3/b14-13+,16-11+,25-12+. The highest BCUT2D eigenvalue weighted by atomic mass is 16.6. The number of hydrogen-bond acceptors (Lipinski definition) is 10. The van der Waals surface area contributed by atoms with Crippen LogP contribution in [0.3, 0.4) is 0 Å². The lowest BCUT2D eigenvalue weighted by molar-refractivity contribution is -0.151. The van der Waals surface area contributed by atoms with Gasteiger partial charge in [0.1, 0.15) is 11.7 Å². The first-order chi connectivity index (χ1) is 22.7. The predicted molar refractivity (Wildman–Crippen MR) is 189 cm³/mol. The largest absolute Gasteiger partial charge is 0.457 e. The van der Waals surface area contributed by atoms with Crippen LogP contribution in [0.5, 0.6) is 0 Å². The molecular formula is C38H64N2O9. The van der Waals surface area contributed by atoms with E-state index in [1.54, 1.807) is 49.1 Å². The lowest BCUT2D eigenvalue weighted by atomic mass is 9.88. The molecule has 0 aromatic carbocycles. The summed E-state index contributed by atoms with van der Waals surface area (Å²) in [6.45, 7) is 20.9. The molecule has 11 heteroatoms. The second-order valence-electron chi connectivity index (χ2n) is 16.3. The normalized spacial score (nSPS) is 34.3. The van der Waals surface area contributed by atoms with Gasteiger partial charge in [-0.2, -0.15) is 0 Å². The van der Waals surface area contributed by atoms with Crippen molar-refractivity contribution in [1.29, 1.82) is 0 Å². The topological polar surface area (TPSA) is 153 Å². The molecule has 3 aliphatic rings. The molecule has 280 valence electrons. The molecule has 0 spiro atoms. The molecule has 2 saturated heterocycles. The number of aliphatic hydroxyl groups is 4. The third-order valence-electron chi connectivity index (χ3n) is 9.92. The van der Waals surface area contributed by atoms with Crippen LogP contribution in [-0.2, 0) is 19.0 Å². The molecule has 2 fully saturated rings. The Morgan fingerprint density at radius 3 is 2.45 bits per heavy atom. The van der Waals surface area contributed by atoms with Crippen molar-refractivity contribution in [1.82, 2.24) is 9.80 Å². The molecule has 1 amide bonds. The maximum absolute atomic E-state index is 13.3. The maximum Gasteiger partial charge on any atom is 0.410 e. The zero-order valence-electron chi connectivity index (χ0n) is 31.3. The molecule has 0 aromatic rings. The van der Waals surface area contributed by atoms with E-state index >= 15 is 0 Å². The number of cyclic esters (lactones) is 1. The second kappa shape index (κ2) is 17.3. The summed E-state index contributed by atoms with van der Waals surface area (Å²) in [4.78, 5) is 30.2. The van der Waals surface area contributed by atoms with Crippen LogP contribution >= 0.6 is 0 Å². The van der Waals surface area contributed by atoms with Crippen molar-refractivity contribution in [2.45, 2.75) is 142 Å². The summed E-state index contributed by atoms with van der Waals surface area (Å²) in [7, 11) is 0. The number of carbonyl (C=O) groups excluding carboxylic acids is 2. The van der Waals surface area contributed by atoms with Crippen LogP contribution in [0.4, 0.5) is 4.79 Å². The van der Waals surface area contributed by atoms with E-state index in [0.717, 1.165) is 19.6 Å². The van der Waals surface area contributed by atoms with Crippen LogP contribution in [0.25, 0.3) is 0 Å². The quantitative estimate of drug-likeness (QED) is 0.112. The van der Waals surface area contributed by atoms with E-state index in [-0.39, 0.29) is 48.7 Å². The molecule has 10 atom stereocenters. The molecule has 0 aromatic heterocycles. The van der Waals surface area contributed by atoms with Gasteiger partial charge in [-0.25, -0.2) is 4.79 Å². The third kappa shape index (κ3) is 13.1. The van der Waals surface area contributed by atoms with Gasteiger partial charge < -0.3 is 39.5 Å². The number of allylic oxidation sites excluding steroid dienone is 2. The summed E-state index contributed by atoms with van der Waals surface area (Å²) < 4.78 is 17.6. The summed E-state index contributed by atoms with van der Waals surface area (Å²) in [6.07, 6.45) is 5.72. The van der Waals surface area contributed by atoms with Crippen LogP contribution in [0.15, 0.2) is 36.0 Å². The number of carbonyl (C=O) groups is 2. The van der Waals surface area contributed by atoms with Crippen LogP contribution in [0.2, 0.25) is 0 Å². The molecule has 10 unspecified atom stereocenters. The monoisotopic (exact) mass is 692 g/mol. The fourth-order valence-corrected chi connectivity index (χ4v) is 6.74. The zero-order valence-corrected chi connectivity index (χ0v) is 31.3. The van der Waals surface area contributed by atoms with E-state index < -0.39 is 47.7 Å². The minimum Gasteiger partial charge on any atom is -0.457 e. The number of hydrogen-bond donors (Lipinski definition) is 4. The molecule has 3 heterocycles. The molecule has 0 saturated carbocycles. The highest BCUT2D eigenvalue weighted by Gasteiger charge is 2.47. The molecular weight excluding hydrogens is 628 g/mol. The van der Waals surface area contributed by atoms with Gasteiger partial charge in [0.15, 0.2) is 6.10 Å². The van der Waals surface area contributed by atoms with Gasteiger partial charge in [0, 0.05) is 51.0 Å². The van der Waals surface area contributed by atoms with Crippen molar-refractivity contribution in [3.8, 4) is 0 Å². The Morgan fingerprint density at radius 2 is 1.84 bits per heavy atom.